The van der Waals surface area contributed by atoms with Crippen molar-refractivity contribution < 1.29 is 4.39 Å². The van der Waals surface area contributed by atoms with Crippen molar-refractivity contribution in [1.29, 1.82) is 5.26 Å². The van der Waals surface area contributed by atoms with Gasteiger partial charge in [0, 0.05) is 18.7 Å². The molecular weight excluding hydrogens is 203 g/mol. The molecule has 0 N–H and O–H groups in total. The molecule has 0 amide bonds. The molecule has 1 unspecified atom stereocenters. The van der Waals surface area contributed by atoms with Crippen LogP contribution in [-0.2, 0) is 6.54 Å². The van der Waals surface area contributed by atoms with E-state index in [1.165, 1.54) is 12.5 Å². The van der Waals surface area contributed by atoms with E-state index >= 15 is 0 Å². The van der Waals surface area contributed by atoms with Crippen LogP contribution < -0.4 is 0 Å². The molecule has 1 saturated heterocycles. The van der Waals surface area contributed by atoms with Crippen molar-refractivity contribution in [2.75, 3.05) is 13.1 Å². The summed E-state index contributed by atoms with van der Waals surface area (Å²) in [4.78, 5) is 2.26. The van der Waals surface area contributed by atoms with Gasteiger partial charge in [0.25, 0.3) is 0 Å². The molecule has 1 fully saturated rings. The largest absolute Gasteiger partial charge is 0.299 e. The lowest BCUT2D eigenvalue weighted by Gasteiger charge is -2.15. The van der Waals surface area contributed by atoms with E-state index in [0.717, 1.165) is 13.1 Å². The highest BCUT2D eigenvalue weighted by Gasteiger charge is 2.19. The molecular formula is C13H15FN2. The van der Waals surface area contributed by atoms with Crippen molar-refractivity contribution in [3.8, 4) is 6.07 Å². The topological polar surface area (TPSA) is 27.0 Å². The Labute approximate surface area is 95.3 Å². The number of nitriles is 1. The molecule has 2 nitrogen and oxygen atoms in total. The highest BCUT2D eigenvalue weighted by molar-refractivity contribution is 5.32. The Morgan fingerprint density at radius 2 is 2.38 bits per heavy atom. The first kappa shape index (κ1) is 11.1. The zero-order chi connectivity index (χ0) is 11.5. The quantitative estimate of drug-likeness (QED) is 0.762. The predicted octanol–water partition coefficient (Wildman–Crippen LogP) is 2.54. The van der Waals surface area contributed by atoms with Crippen LogP contribution in [0.1, 0.15) is 24.5 Å². The molecule has 1 heterocycles. The van der Waals surface area contributed by atoms with Crippen LogP contribution in [0.4, 0.5) is 4.39 Å². The molecule has 1 aromatic carbocycles. The summed E-state index contributed by atoms with van der Waals surface area (Å²) in [6, 6.07) is 6.65. The molecule has 0 bridgehead atoms. The average Bonchev–Trinajstić information content (AvgIpc) is 2.67. The number of rotatable bonds is 2. The lowest BCUT2D eigenvalue weighted by atomic mass is 10.1. The molecule has 0 saturated carbocycles. The molecule has 1 aliphatic heterocycles. The Hall–Kier alpha value is -1.40. The molecule has 16 heavy (non-hydrogen) atoms. The van der Waals surface area contributed by atoms with Gasteiger partial charge in [-0.25, -0.2) is 4.39 Å². The standard InChI is InChI=1S/C13H15FN2/c1-10-4-5-16(8-10)9-12-3-2-11(7-15)6-13(12)14/h2-3,6,10H,4-5,8-9H2,1H3. The Morgan fingerprint density at radius 1 is 1.56 bits per heavy atom. The van der Waals surface area contributed by atoms with Crippen molar-refractivity contribution in [1.82, 2.24) is 4.90 Å². The summed E-state index contributed by atoms with van der Waals surface area (Å²) in [7, 11) is 0. The second-order valence-corrected chi connectivity index (χ2v) is 4.55. The first-order valence-corrected chi connectivity index (χ1v) is 5.60. The van der Waals surface area contributed by atoms with E-state index in [1.807, 2.05) is 6.07 Å². The maximum atomic E-state index is 13.6. The summed E-state index contributed by atoms with van der Waals surface area (Å²) in [5, 5.41) is 8.64. The van der Waals surface area contributed by atoms with Gasteiger partial charge in [0.05, 0.1) is 11.6 Å². The van der Waals surface area contributed by atoms with Gasteiger partial charge in [-0.1, -0.05) is 13.0 Å². The molecule has 84 valence electrons. The van der Waals surface area contributed by atoms with E-state index < -0.39 is 0 Å². The summed E-state index contributed by atoms with van der Waals surface area (Å²) in [5.41, 5.74) is 1.07. The van der Waals surface area contributed by atoms with E-state index in [9.17, 15) is 4.39 Å². The minimum Gasteiger partial charge on any atom is -0.299 e. The van der Waals surface area contributed by atoms with Gasteiger partial charge >= 0.3 is 0 Å². The predicted molar refractivity (Wildman–Crippen MR) is 60.2 cm³/mol. The average molecular weight is 218 g/mol. The van der Waals surface area contributed by atoms with Crippen molar-refractivity contribution in [2.45, 2.75) is 19.9 Å². The van der Waals surface area contributed by atoms with E-state index in [-0.39, 0.29) is 5.82 Å². The molecule has 0 spiro atoms. The van der Waals surface area contributed by atoms with Crippen molar-refractivity contribution >= 4 is 0 Å². The SMILES string of the molecule is CC1CCN(Cc2ccc(C#N)cc2F)C1. The maximum Gasteiger partial charge on any atom is 0.129 e. The van der Waals surface area contributed by atoms with Gasteiger partial charge in [-0.2, -0.15) is 5.26 Å². The second-order valence-electron chi connectivity index (χ2n) is 4.55. The Balaban J connectivity index is 2.08. The first-order chi connectivity index (χ1) is 7.69. The third-order valence-electron chi connectivity index (χ3n) is 3.08. The lowest BCUT2D eigenvalue weighted by Crippen LogP contribution is -2.20. The minimum atomic E-state index is -0.265. The highest BCUT2D eigenvalue weighted by Crippen LogP contribution is 2.19. The van der Waals surface area contributed by atoms with Crippen LogP contribution in [0.15, 0.2) is 18.2 Å². The van der Waals surface area contributed by atoms with E-state index in [4.69, 9.17) is 5.26 Å². The zero-order valence-electron chi connectivity index (χ0n) is 9.41. The number of hydrogen-bond donors (Lipinski definition) is 0. The van der Waals surface area contributed by atoms with Gasteiger partial charge in [-0.15, -0.1) is 0 Å². The number of halogens is 1. The lowest BCUT2D eigenvalue weighted by molar-refractivity contribution is 0.315. The number of hydrogen-bond acceptors (Lipinski definition) is 2. The van der Waals surface area contributed by atoms with Crippen molar-refractivity contribution in [2.24, 2.45) is 5.92 Å². The van der Waals surface area contributed by atoms with Crippen LogP contribution in [0.2, 0.25) is 0 Å². The smallest absolute Gasteiger partial charge is 0.129 e. The molecule has 0 aromatic heterocycles. The third-order valence-corrected chi connectivity index (χ3v) is 3.08. The highest BCUT2D eigenvalue weighted by atomic mass is 19.1. The van der Waals surface area contributed by atoms with Crippen LogP contribution >= 0.6 is 0 Å². The summed E-state index contributed by atoms with van der Waals surface area (Å²) in [6.07, 6.45) is 1.19. The number of nitrogens with zero attached hydrogens (tertiary/aromatic N) is 2. The van der Waals surface area contributed by atoms with Gasteiger partial charge in [-0.3, -0.25) is 4.90 Å². The summed E-state index contributed by atoms with van der Waals surface area (Å²) < 4.78 is 13.6. The van der Waals surface area contributed by atoms with Gasteiger partial charge < -0.3 is 0 Å². The second kappa shape index (κ2) is 4.63. The van der Waals surface area contributed by atoms with E-state index in [0.29, 0.717) is 23.6 Å². The van der Waals surface area contributed by atoms with Gasteiger partial charge in [0.15, 0.2) is 0 Å². The van der Waals surface area contributed by atoms with Gasteiger partial charge in [-0.05, 0) is 31.0 Å². The fourth-order valence-electron chi connectivity index (χ4n) is 2.16. The Bertz CT molecular complexity index is 422. The maximum absolute atomic E-state index is 13.6. The van der Waals surface area contributed by atoms with Crippen LogP contribution in [-0.4, -0.2) is 18.0 Å². The van der Waals surface area contributed by atoms with Gasteiger partial charge in [0.2, 0.25) is 0 Å². The van der Waals surface area contributed by atoms with E-state index in [2.05, 4.69) is 11.8 Å². The monoisotopic (exact) mass is 218 g/mol. The molecule has 1 aromatic rings. The minimum absolute atomic E-state index is 0.265. The molecule has 3 heteroatoms. The van der Waals surface area contributed by atoms with Gasteiger partial charge in [0.1, 0.15) is 5.82 Å². The summed E-state index contributed by atoms with van der Waals surface area (Å²) in [5.74, 6) is 0.444. The molecule has 0 radical (unpaired) electrons. The normalized spacial score (nSPS) is 20.9. The fraction of sp³-hybridized carbons (Fsp3) is 0.462. The van der Waals surface area contributed by atoms with Crippen LogP contribution in [0.25, 0.3) is 0 Å². The Kier molecular flexibility index (Phi) is 3.21. The van der Waals surface area contributed by atoms with Crippen LogP contribution in [0.3, 0.4) is 0 Å². The summed E-state index contributed by atoms with van der Waals surface area (Å²) in [6.45, 7) is 4.96. The van der Waals surface area contributed by atoms with Crippen LogP contribution in [0, 0.1) is 23.1 Å². The Morgan fingerprint density at radius 3 is 2.94 bits per heavy atom. The molecule has 2 rings (SSSR count). The molecule has 1 atom stereocenters. The number of benzene rings is 1. The first-order valence-electron chi connectivity index (χ1n) is 5.60. The van der Waals surface area contributed by atoms with Crippen molar-refractivity contribution in [3.63, 3.8) is 0 Å². The zero-order valence-corrected chi connectivity index (χ0v) is 9.41. The third kappa shape index (κ3) is 2.40. The summed E-state index contributed by atoms with van der Waals surface area (Å²) >= 11 is 0. The van der Waals surface area contributed by atoms with Crippen molar-refractivity contribution in [3.05, 3.63) is 35.1 Å². The van der Waals surface area contributed by atoms with E-state index in [1.54, 1.807) is 12.1 Å². The molecule has 0 aliphatic carbocycles. The van der Waals surface area contributed by atoms with Crippen LogP contribution in [0.5, 0.6) is 0 Å². The fourth-order valence-corrected chi connectivity index (χ4v) is 2.16. The molecule has 1 aliphatic rings. The number of likely N-dealkylation sites (tertiary alicyclic amines) is 1.